The van der Waals surface area contributed by atoms with Gasteiger partial charge in [-0.1, -0.05) is 18.2 Å². The molecular weight excluding hydrogens is 349 g/mol. The van der Waals surface area contributed by atoms with Crippen LogP contribution in [0.5, 0.6) is 5.75 Å². The van der Waals surface area contributed by atoms with Crippen LogP contribution in [0.2, 0.25) is 0 Å². The average molecular weight is 362 g/mol. The molecule has 9 heteroatoms. The first-order valence-corrected chi connectivity index (χ1v) is 7.51. The molecule has 1 aromatic carbocycles. The second-order valence-electron chi connectivity index (χ2n) is 5.21. The second-order valence-corrected chi connectivity index (χ2v) is 5.21. The third kappa shape index (κ3) is 4.59. The molecule has 2 heterocycles. The molecule has 0 atom stereocenters. The van der Waals surface area contributed by atoms with E-state index in [2.05, 4.69) is 20.3 Å². The molecule has 0 saturated heterocycles. The van der Waals surface area contributed by atoms with Gasteiger partial charge in [-0.05, 0) is 35.9 Å². The molecule has 0 radical (unpaired) electrons. The molecule has 0 aliphatic rings. The Kier molecular flexibility index (Phi) is 4.87. The van der Waals surface area contributed by atoms with Gasteiger partial charge in [0.2, 0.25) is 5.91 Å². The van der Waals surface area contributed by atoms with E-state index >= 15 is 0 Å². The van der Waals surface area contributed by atoms with E-state index in [1.807, 2.05) is 12.1 Å². The molecule has 6 nitrogen and oxygen atoms in total. The summed E-state index contributed by atoms with van der Waals surface area (Å²) in [6.07, 6.45) is -0.183. The van der Waals surface area contributed by atoms with Crippen LogP contribution in [-0.2, 0) is 11.3 Å². The quantitative estimate of drug-likeness (QED) is 0.709. The second kappa shape index (κ2) is 7.26. The minimum Gasteiger partial charge on any atom is -0.406 e. The van der Waals surface area contributed by atoms with E-state index in [0.717, 1.165) is 0 Å². The topological polar surface area (TPSA) is 68.5 Å². The molecule has 3 aromatic rings. The fourth-order valence-electron chi connectivity index (χ4n) is 2.19. The summed E-state index contributed by atoms with van der Waals surface area (Å²) in [6, 6.07) is 10.6. The van der Waals surface area contributed by atoms with Crippen molar-refractivity contribution >= 4 is 17.6 Å². The van der Waals surface area contributed by atoms with Gasteiger partial charge >= 0.3 is 6.36 Å². The number of pyridine rings is 1. The summed E-state index contributed by atoms with van der Waals surface area (Å²) in [6.45, 7) is 0.187. The maximum Gasteiger partial charge on any atom is 0.573 e. The zero-order valence-corrected chi connectivity index (χ0v) is 13.3. The van der Waals surface area contributed by atoms with Gasteiger partial charge in [-0.3, -0.25) is 9.20 Å². The predicted molar refractivity (Wildman–Crippen MR) is 87.0 cm³/mol. The molecule has 3 rings (SSSR count). The molecule has 0 aliphatic carbocycles. The molecular formula is C17H13F3N4O2. The van der Waals surface area contributed by atoms with E-state index in [-0.39, 0.29) is 18.2 Å². The zero-order chi connectivity index (χ0) is 18.6. The zero-order valence-electron chi connectivity index (χ0n) is 13.3. The molecule has 0 aliphatic heterocycles. The van der Waals surface area contributed by atoms with Crippen molar-refractivity contribution in [1.82, 2.24) is 19.9 Å². The molecule has 0 spiro atoms. The van der Waals surface area contributed by atoms with Crippen LogP contribution in [0, 0.1) is 0 Å². The molecule has 0 fully saturated rings. The van der Waals surface area contributed by atoms with Gasteiger partial charge in [0.15, 0.2) is 11.5 Å². The summed E-state index contributed by atoms with van der Waals surface area (Å²) < 4.78 is 41.8. The monoisotopic (exact) mass is 362 g/mol. The number of nitrogens with zero attached hydrogens (tertiary/aromatic N) is 3. The van der Waals surface area contributed by atoms with Gasteiger partial charge in [0.25, 0.3) is 0 Å². The molecule has 1 amide bonds. The van der Waals surface area contributed by atoms with Gasteiger partial charge in [0, 0.05) is 12.3 Å². The number of ether oxygens (including phenoxy) is 1. The van der Waals surface area contributed by atoms with Crippen LogP contribution in [0.3, 0.4) is 0 Å². The summed E-state index contributed by atoms with van der Waals surface area (Å²) in [7, 11) is 0. The Morgan fingerprint density at radius 1 is 1.15 bits per heavy atom. The number of alkyl halides is 3. The number of hydrogen-bond acceptors (Lipinski definition) is 4. The van der Waals surface area contributed by atoms with Crippen LogP contribution >= 0.6 is 0 Å². The summed E-state index contributed by atoms with van der Waals surface area (Å²) in [5.74, 6) is -0.109. The van der Waals surface area contributed by atoms with Crippen molar-refractivity contribution in [2.24, 2.45) is 0 Å². The fourth-order valence-corrected chi connectivity index (χ4v) is 2.19. The standard InChI is InChI=1S/C17H13F3N4O2/c18-17(19,20)26-13-7-4-12(5-8-13)6-9-16(25)21-11-15-23-22-14-3-1-2-10-24(14)15/h1-10H,11H2,(H,21,25). The number of halogens is 3. The van der Waals surface area contributed by atoms with Crippen molar-refractivity contribution in [1.29, 1.82) is 0 Å². The molecule has 1 N–H and O–H groups in total. The van der Waals surface area contributed by atoms with Crippen LogP contribution in [0.25, 0.3) is 11.7 Å². The average Bonchev–Trinajstić information content (AvgIpc) is 3.01. The number of nitrogens with one attached hydrogen (secondary N) is 1. The SMILES string of the molecule is O=C(C=Cc1ccc(OC(F)(F)F)cc1)NCc1nnc2ccccn12. The van der Waals surface area contributed by atoms with Gasteiger partial charge in [-0.15, -0.1) is 23.4 Å². The summed E-state index contributed by atoms with van der Waals surface area (Å²) in [5, 5.41) is 10.6. The Bertz CT molecular complexity index is 933. The van der Waals surface area contributed by atoms with E-state index in [4.69, 9.17) is 0 Å². The number of rotatable bonds is 5. The van der Waals surface area contributed by atoms with Crippen LogP contribution in [-0.4, -0.2) is 26.9 Å². The third-order valence-electron chi connectivity index (χ3n) is 3.35. The number of aromatic nitrogens is 3. The van der Waals surface area contributed by atoms with E-state index in [1.165, 1.54) is 36.4 Å². The number of hydrogen-bond donors (Lipinski definition) is 1. The first-order valence-electron chi connectivity index (χ1n) is 7.51. The normalized spacial score (nSPS) is 11.8. The smallest absolute Gasteiger partial charge is 0.406 e. The first-order chi connectivity index (χ1) is 12.4. The van der Waals surface area contributed by atoms with Crippen molar-refractivity contribution in [3.8, 4) is 5.75 Å². The maximum absolute atomic E-state index is 12.1. The Morgan fingerprint density at radius 2 is 1.92 bits per heavy atom. The Labute approximate surface area is 145 Å². The molecule has 134 valence electrons. The molecule has 2 aromatic heterocycles. The minimum absolute atomic E-state index is 0.187. The van der Waals surface area contributed by atoms with Crippen molar-refractivity contribution in [2.45, 2.75) is 12.9 Å². The van der Waals surface area contributed by atoms with Crippen LogP contribution in [0.1, 0.15) is 11.4 Å². The highest BCUT2D eigenvalue weighted by Gasteiger charge is 2.30. The predicted octanol–water partition coefficient (Wildman–Crippen LogP) is 2.96. The Hall–Kier alpha value is -3.36. The van der Waals surface area contributed by atoms with Gasteiger partial charge in [-0.2, -0.15) is 0 Å². The molecule has 0 unspecified atom stereocenters. The molecule has 0 bridgehead atoms. The van der Waals surface area contributed by atoms with Gasteiger partial charge in [0.05, 0.1) is 6.54 Å². The fraction of sp³-hybridized carbons (Fsp3) is 0.118. The van der Waals surface area contributed by atoms with Gasteiger partial charge in [-0.25, -0.2) is 0 Å². The lowest BCUT2D eigenvalue weighted by atomic mass is 10.2. The van der Waals surface area contributed by atoms with E-state index in [0.29, 0.717) is 17.0 Å². The minimum atomic E-state index is -4.73. The van der Waals surface area contributed by atoms with Gasteiger partial charge < -0.3 is 10.1 Å². The van der Waals surface area contributed by atoms with E-state index in [1.54, 1.807) is 16.7 Å². The highest BCUT2D eigenvalue weighted by Crippen LogP contribution is 2.22. The number of carbonyl (C=O) groups excluding carboxylic acids is 1. The van der Waals surface area contributed by atoms with Gasteiger partial charge in [0.1, 0.15) is 5.75 Å². The molecule has 26 heavy (non-hydrogen) atoms. The third-order valence-corrected chi connectivity index (χ3v) is 3.35. The number of fused-ring (bicyclic) bond motifs is 1. The summed E-state index contributed by atoms with van der Waals surface area (Å²) in [4.78, 5) is 11.9. The number of amides is 1. The summed E-state index contributed by atoms with van der Waals surface area (Å²) >= 11 is 0. The highest BCUT2D eigenvalue weighted by atomic mass is 19.4. The van der Waals surface area contributed by atoms with Crippen molar-refractivity contribution < 1.29 is 22.7 Å². The highest BCUT2D eigenvalue weighted by molar-refractivity contribution is 5.91. The Balaban J connectivity index is 1.56. The van der Waals surface area contributed by atoms with E-state index < -0.39 is 6.36 Å². The lowest BCUT2D eigenvalue weighted by Crippen LogP contribution is -2.21. The number of carbonyl (C=O) groups is 1. The maximum atomic E-state index is 12.1. The van der Waals surface area contributed by atoms with Crippen molar-refractivity contribution in [2.75, 3.05) is 0 Å². The van der Waals surface area contributed by atoms with Crippen molar-refractivity contribution in [3.63, 3.8) is 0 Å². The lowest BCUT2D eigenvalue weighted by molar-refractivity contribution is -0.274. The molecule has 0 saturated carbocycles. The first kappa shape index (κ1) is 17.5. The van der Waals surface area contributed by atoms with Crippen LogP contribution in [0.4, 0.5) is 13.2 Å². The van der Waals surface area contributed by atoms with Crippen LogP contribution < -0.4 is 10.1 Å². The van der Waals surface area contributed by atoms with Crippen molar-refractivity contribution in [3.05, 3.63) is 66.1 Å². The number of benzene rings is 1. The van der Waals surface area contributed by atoms with E-state index in [9.17, 15) is 18.0 Å². The lowest BCUT2D eigenvalue weighted by Gasteiger charge is -2.08. The largest absolute Gasteiger partial charge is 0.573 e. The summed E-state index contributed by atoms with van der Waals surface area (Å²) in [5.41, 5.74) is 1.23. The van der Waals surface area contributed by atoms with Crippen LogP contribution in [0.15, 0.2) is 54.7 Å². The Morgan fingerprint density at radius 3 is 2.65 bits per heavy atom.